The molecule has 0 atom stereocenters. The fourth-order valence-electron chi connectivity index (χ4n) is 2.50. The highest BCUT2D eigenvalue weighted by Gasteiger charge is 2.38. The summed E-state index contributed by atoms with van der Waals surface area (Å²) in [6, 6.07) is 7.09. The molecule has 0 radical (unpaired) electrons. The van der Waals surface area contributed by atoms with E-state index in [1.54, 1.807) is 19.2 Å². The first-order valence-corrected chi connectivity index (χ1v) is 8.85. The fourth-order valence-corrected chi connectivity index (χ4v) is 3.85. The molecule has 0 unspecified atom stereocenters. The van der Waals surface area contributed by atoms with E-state index >= 15 is 0 Å². The van der Waals surface area contributed by atoms with Crippen LogP contribution >= 0.6 is 0 Å². The molecule has 1 aliphatic carbocycles. The van der Waals surface area contributed by atoms with E-state index in [9.17, 15) is 8.42 Å². The normalized spacial score (nSPS) is 17.4. The summed E-state index contributed by atoms with van der Waals surface area (Å²) in [5.74, 6) is 0. The van der Waals surface area contributed by atoms with Crippen LogP contribution in [-0.2, 0) is 21.3 Å². The van der Waals surface area contributed by atoms with E-state index in [-0.39, 0.29) is 5.60 Å². The minimum atomic E-state index is -3.51. The maximum atomic E-state index is 12.5. The standard InChI is InChI=1S/C15H24N2O3S/c1-3-16-11-13-7-4-5-8-14(13)21(18,19)17-12-15(20-2)9-6-10-15/h4-5,7-8,16-17H,3,6,9-12H2,1-2H3. The van der Waals surface area contributed by atoms with Gasteiger partial charge in [-0.15, -0.1) is 0 Å². The van der Waals surface area contributed by atoms with Crippen LogP contribution in [0.25, 0.3) is 0 Å². The number of hydrogen-bond acceptors (Lipinski definition) is 4. The number of rotatable bonds is 8. The molecular formula is C15H24N2O3S. The van der Waals surface area contributed by atoms with Crippen LogP contribution in [0.1, 0.15) is 31.7 Å². The maximum absolute atomic E-state index is 12.5. The van der Waals surface area contributed by atoms with Crippen LogP contribution < -0.4 is 10.0 Å². The Morgan fingerprint density at radius 1 is 1.29 bits per heavy atom. The molecule has 1 aromatic rings. The van der Waals surface area contributed by atoms with E-state index in [4.69, 9.17) is 4.74 Å². The largest absolute Gasteiger partial charge is 0.377 e. The quantitative estimate of drug-likeness (QED) is 0.766. The zero-order valence-corrected chi connectivity index (χ0v) is 13.5. The van der Waals surface area contributed by atoms with Crippen LogP contribution in [0.5, 0.6) is 0 Å². The molecule has 1 aliphatic rings. The van der Waals surface area contributed by atoms with E-state index in [0.29, 0.717) is 18.0 Å². The molecule has 118 valence electrons. The Labute approximate surface area is 127 Å². The summed E-state index contributed by atoms with van der Waals surface area (Å²) in [7, 11) is -1.87. The molecule has 21 heavy (non-hydrogen) atoms. The van der Waals surface area contributed by atoms with Gasteiger partial charge in [0.25, 0.3) is 0 Å². The molecule has 5 nitrogen and oxygen atoms in total. The lowest BCUT2D eigenvalue weighted by Gasteiger charge is -2.40. The van der Waals surface area contributed by atoms with Gasteiger partial charge in [0.05, 0.1) is 10.5 Å². The van der Waals surface area contributed by atoms with Crippen LogP contribution in [0.3, 0.4) is 0 Å². The molecule has 1 saturated carbocycles. The Hall–Kier alpha value is -0.950. The van der Waals surface area contributed by atoms with Crippen molar-refractivity contribution < 1.29 is 13.2 Å². The molecule has 0 bridgehead atoms. The Kier molecular flexibility index (Phi) is 5.37. The Morgan fingerprint density at radius 3 is 2.57 bits per heavy atom. The molecule has 1 aromatic carbocycles. The van der Waals surface area contributed by atoms with E-state index in [1.165, 1.54) is 0 Å². The second kappa shape index (κ2) is 6.87. The molecule has 0 spiro atoms. The number of ether oxygens (including phenoxy) is 1. The van der Waals surface area contributed by atoms with Crippen molar-refractivity contribution >= 4 is 10.0 Å². The zero-order chi connectivity index (χ0) is 15.3. The number of methoxy groups -OCH3 is 1. The first-order valence-electron chi connectivity index (χ1n) is 7.36. The van der Waals surface area contributed by atoms with Crippen molar-refractivity contribution in [2.45, 2.75) is 43.2 Å². The highest BCUT2D eigenvalue weighted by atomic mass is 32.2. The molecule has 0 saturated heterocycles. The molecule has 1 fully saturated rings. The first kappa shape index (κ1) is 16.4. The van der Waals surface area contributed by atoms with E-state index in [2.05, 4.69) is 10.0 Å². The molecule has 6 heteroatoms. The second-order valence-electron chi connectivity index (χ2n) is 5.45. The lowest BCUT2D eigenvalue weighted by atomic mass is 9.80. The summed E-state index contributed by atoms with van der Waals surface area (Å²) in [4.78, 5) is 0.344. The minimum Gasteiger partial charge on any atom is -0.377 e. The lowest BCUT2D eigenvalue weighted by molar-refractivity contribution is -0.0659. The average molecular weight is 312 g/mol. The molecular weight excluding hydrogens is 288 g/mol. The Bertz CT molecular complexity index is 563. The number of hydrogen-bond donors (Lipinski definition) is 2. The van der Waals surface area contributed by atoms with Gasteiger partial charge in [0.2, 0.25) is 10.0 Å². The van der Waals surface area contributed by atoms with Crippen LogP contribution in [0.2, 0.25) is 0 Å². The summed E-state index contributed by atoms with van der Waals surface area (Å²) in [6.45, 7) is 3.67. The molecule has 0 aliphatic heterocycles. The maximum Gasteiger partial charge on any atom is 0.240 e. The molecule has 0 amide bonds. The van der Waals surface area contributed by atoms with E-state index in [1.807, 2.05) is 19.1 Å². The Morgan fingerprint density at radius 2 is 2.00 bits per heavy atom. The summed E-state index contributed by atoms with van der Waals surface area (Å²) < 4.78 is 33.2. The summed E-state index contributed by atoms with van der Waals surface area (Å²) >= 11 is 0. The van der Waals surface area contributed by atoms with Gasteiger partial charge >= 0.3 is 0 Å². The van der Waals surface area contributed by atoms with Crippen molar-refractivity contribution in [3.8, 4) is 0 Å². The third kappa shape index (κ3) is 3.83. The Balaban J connectivity index is 2.12. The zero-order valence-electron chi connectivity index (χ0n) is 12.7. The topological polar surface area (TPSA) is 67.4 Å². The number of benzene rings is 1. The van der Waals surface area contributed by atoms with Gasteiger partial charge in [-0.3, -0.25) is 0 Å². The lowest BCUT2D eigenvalue weighted by Crippen LogP contribution is -2.49. The third-order valence-corrected chi connectivity index (χ3v) is 5.61. The van der Waals surface area contributed by atoms with Gasteiger partial charge in [0.1, 0.15) is 0 Å². The molecule has 0 heterocycles. The van der Waals surface area contributed by atoms with Crippen LogP contribution in [0.4, 0.5) is 0 Å². The minimum absolute atomic E-state index is 0.316. The fraction of sp³-hybridized carbons (Fsp3) is 0.600. The van der Waals surface area contributed by atoms with Gasteiger partial charge in [-0.1, -0.05) is 25.1 Å². The SMILES string of the molecule is CCNCc1ccccc1S(=O)(=O)NCC1(OC)CCC1. The van der Waals surface area contributed by atoms with Crippen molar-refractivity contribution in [3.63, 3.8) is 0 Å². The molecule has 0 aromatic heterocycles. The number of sulfonamides is 1. The summed E-state index contributed by atoms with van der Waals surface area (Å²) in [5.41, 5.74) is 0.468. The van der Waals surface area contributed by atoms with E-state index in [0.717, 1.165) is 31.4 Å². The summed E-state index contributed by atoms with van der Waals surface area (Å²) in [5, 5.41) is 3.17. The van der Waals surface area contributed by atoms with Gasteiger partial charge in [-0.25, -0.2) is 13.1 Å². The van der Waals surface area contributed by atoms with Crippen molar-refractivity contribution in [3.05, 3.63) is 29.8 Å². The van der Waals surface area contributed by atoms with Crippen molar-refractivity contribution in [1.29, 1.82) is 0 Å². The summed E-state index contributed by atoms with van der Waals surface area (Å²) in [6.07, 6.45) is 2.91. The first-order chi connectivity index (χ1) is 10.0. The average Bonchev–Trinajstić information content (AvgIpc) is 2.44. The predicted molar refractivity (Wildman–Crippen MR) is 82.6 cm³/mol. The third-order valence-electron chi connectivity index (χ3n) is 4.11. The number of nitrogens with one attached hydrogen (secondary N) is 2. The second-order valence-corrected chi connectivity index (χ2v) is 7.19. The molecule has 2 N–H and O–H groups in total. The smallest absolute Gasteiger partial charge is 0.240 e. The molecule has 2 rings (SSSR count). The van der Waals surface area contributed by atoms with Gasteiger partial charge in [0.15, 0.2) is 0 Å². The van der Waals surface area contributed by atoms with Crippen molar-refractivity contribution in [2.75, 3.05) is 20.2 Å². The van der Waals surface area contributed by atoms with Crippen molar-refractivity contribution in [2.24, 2.45) is 0 Å². The highest BCUT2D eigenvalue weighted by Crippen LogP contribution is 2.34. The van der Waals surface area contributed by atoms with Gasteiger partial charge < -0.3 is 10.1 Å². The van der Waals surface area contributed by atoms with Crippen LogP contribution in [0, 0.1) is 0 Å². The van der Waals surface area contributed by atoms with E-state index < -0.39 is 10.0 Å². The van der Waals surface area contributed by atoms with Gasteiger partial charge in [-0.05, 0) is 37.4 Å². The highest BCUT2D eigenvalue weighted by molar-refractivity contribution is 7.89. The van der Waals surface area contributed by atoms with Crippen LogP contribution in [0.15, 0.2) is 29.2 Å². The monoisotopic (exact) mass is 312 g/mol. The van der Waals surface area contributed by atoms with Crippen LogP contribution in [-0.4, -0.2) is 34.2 Å². The predicted octanol–water partition coefficient (Wildman–Crippen LogP) is 1.64. The van der Waals surface area contributed by atoms with Crippen molar-refractivity contribution in [1.82, 2.24) is 10.0 Å². The van der Waals surface area contributed by atoms with Gasteiger partial charge in [0, 0.05) is 20.2 Å². The van der Waals surface area contributed by atoms with Gasteiger partial charge in [-0.2, -0.15) is 0 Å².